The smallest absolute Gasteiger partial charge is 0.223 e. The largest absolute Gasteiger partial charge is 0.370 e. The van der Waals surface area contributed by atoms with Crippen LogP contribution in [0.2, 0.25) is 0 Å². The molecule has 7 nitrogen and oxygen atoms in total. The van der Waals surface area contributed by atoms with Crippen LogP contribution in [-0.2, 0) is 11.2 Å². The van der Waals surface area contributed by atoms with Gasteiger partial charge in [-0.15, -0.1) is 0 Å². The second kappa shape index (κ2) is 6.53. The van der Waals surface area contributed by atoms with Crippen LogP contribution in [0.15, 0.2) is 18.3 Å². The number of pyridine rings is 1. The maximum Gasteiger partial charge on any atom is 0.223 e. The highest BCUT2D eigenvalue weighted by Crippen LogP contribution is 2.46. The monoisotopic (exact) mass is 368 g/mol. The molecule has 1 amide bonds. The minimum Gasteiger partial charge on any atom is -0.370 e. The van der Waals surface area contributed by atoms with Gasteiger partial charge in [0.1, 0.15) is 5.82 Å². The van der Waals surface area contributed by atoms with E-state index >= 15 is 0 Å². The van der Waals surface area contributed by atoms with E-state index in [0.717, 1.165) is 46.3 Å². The normalized spacial score (nSPS) is 15.3. The lowest BCUT2D eigenvalue weighted by molar-refractivity contribution is -0.114. The third kappa shape index (κ3) is 2.86. The summed E-state index contributed by atoms with van der Waals surface area (Å²) in [7, 11) is 0. The molecule has 3 aromatic heterocycles. The van der Waals surface area contributed by atoms with E-state index in [2.05, 4.69) is 37.7 Å². The van der Waals surface area contributed by atoms with Crippen LogP contribution in [0.4, 0.5) is 10.9 Å². The lowest BCUT2D eigenvalue weighted by atomic mass is 9.87. The number of aromatic nitrogens is 4. The summed E-state index contributed by atoms with van der Waals surface area (Å²) < 4.78 is 0. The van der Waals surface area contributed by atoms with Crippen molar-refractivity contribution in [2.75, 3.05) is 17.2 Å². The zero-order valence-electron chi connectivity index (χ0n) is 14.9. The fourth-order valence-corrected chi connectivity index (χ4v) is 4.37. The van der Waals surface area contributed by atoms with Crippen molar-refractivity contribution < 1.29 is 4.79 Å². The molecule has 1 atom stereocenters. The summed E-state index contributed by atoms with van der Waals surface area (Å²) in [5, 5.41) is 14.4. The summed E-state index contributed by atoms with van der Waals surface area (Å²) in [6.07, 6.45) is 2.68. The number of aromatic amines is 1. The summed E-state index contributed by atoms with van der Waals surface area (Å²) in [4.78, 5) is 21.4. The Labute approximate surface area is 155 Å². The summed E-state index contributed by atoms with van der Waals surface area (Å²) in [6, 6.07) is 4.01. The highest BCUT2D eigenvalue weighted by Gasteiger charge is 2.31. The molecule has 0 bridgehead atoms. The minimum atomic E-state index is -0.110. The van der Waals surface area contributed by atoms with Gasteiger partial charge in [0.25, 0.3) is 0 Å². The van der Waals surface area contributed by atoms with Crippen LogP contribution in [0.5, 0.6) is 0 Å². The number of thiazole rings is 1. The van der Waals surface area contributed by atoms with Gasteiger partial charge in [-0.3, -0.25) is 9.89 Å². The van der Waals surface area contributed by atoms with E-state index in [0.29, 0.717) is 5.13 Å². The van der Waals surface area contributed by atoms with Gasteiger partial charge in [-0.25, -0.2) is 9.97 Å². The number of H-pyrrole nitrogens is 1. The van der Waals surface area contributed by atoms with Crippen molar-refractivity contribution in [2.45, 2.75) is 33.1 Å². The lowest BCUT2D eigenvalue weighted by Gasteiger charge is -2.18. The third-order valence-electron chi connectivity index (χ3n) is 4.40. The molecule has 0 aliphatic heterocycles. The molecule has 3 N–H and O–H groups in total. The average Bonchev–Trinajstić information content (AvgIpc) is 3.19. The van der Waals surface area contributed by atoms with E-state index in [9.17, 15) is 4.79 Å². The quantitative estimate of drug-likeness (QED) is 0.653. The van der Waals surface area contributed by atoms with Crippen molar-refractivity contribution in [3.8, 4) is 21.8 Å². The van der Waals surface area contributed by atoms with Gasteiger partial charge < -0.3 is 10.6 Å². The number of rotatable bonds is 4. The maximum atomic E-state index is 11.3. The molecule has 0 radical (unpaired) electrons. The van der Waals surface area contributed by atoms with Gasteiger partial charge in [-0.1, -0.05) is 18.3 Å². The van der Waals surface area contributed by atoms with Gasteiger partial charge in [0.05, 0.1) is 22.0 Å². The molecule has 1 aliphatic rings. The van der Waals surface area contributed by atoms with Gasteiger partial charge in [0, 0.05) is 30.8 Å². The van der Waals surface area contributed by atoms with Gasteiger partial charge in [0.15, 0.2) is 5.13 Å². The van der Waals surface area contributed by atoms with Crippen molar-refractivity contribution in [1.82, 2.24) is 20.2 Å². The Morgan fingerprint density at radius 3 is 2.96 bits per heavy atom. The molecule has 1 aliphatic carbocycles. The Kier molecular flexibility index (Phi) is 4.20. The third-order valence-corrected chi connectivity index (χ3v) is 5.43. The van der Waals surface area contributed by atoms with Crippen molar-refractivity contribution in [2.24, 2.45) is 0 Å². The summed E-state index contributed by atoms with van der Waals surface area (Å²) in [5.41, 5.74) is 5.12. The fourth-order valence-electron chi connectivity index (χ4n) is 3.32. The Morgan fingerprint density at radius 1 is 1.42 bits per heavy atom. The van der Waals surface area contributed by atoms with Crippen molar-refractivity contribution >= 4 is 28.2 Å². The molecule has 3 heterocycles. The van der Waals surface area contributed by atoms with Crippen molar-refractivity contribution in [3.05, 3.63) is 29.6 Å². The van der Waals surface area contributed by atoms with Gasteiger partial charge in [0.2, 0.25) is 5.91 Å². The van der Waals surface area contributed by atoms with Gasteiger partial charge in [-0.2, -0.15) is 5.10 Å². The number of hydrogen-bond acceptors (Lipinski definition) is 6. The van der Waals surface area contributed by atoms with Crippen LogP contribution < -0.4 is 10.6 Å². The Morgan fingerprint density at radius 2 is 2.27 bits per heavy atom. The molecule has 0 saturated carbocycles. The van der Waals surface area contributed by atoms with Crippen LogP contribution >= 0.6 is 11.3 Å². The highest BCUT2D eigenvalue weighted by molar-refractivity contribution is 7.19. The molecule has 0 saturated heterocycles. The molecule has 0 aromatic carbocycles. The first-order valence-corrected chi connectivity index (χ1v) is 9.44. The van der Waals surface area contributed by atoms with E-state index in [1.807, 2.05) is 25.3 Å². The van der Waals surface area contributed by atoms with Crippen LogP contribution in [0.1, 0.15) is 37.9 Å². The number of carbonyl (C=O) groups excluding carboxylic acids is 1. The fraction of sp³-hybridized carbons (Fsp3) is 0.333. The summed E-state index contributed by atoms with van der Waals surface area (Å²) in [5.74, 6) is 1.03. The molecule has 3 aromatic rings. The lowest BCUT2D eigenvalue weighted by Crippen LogP contribution is -2.08. The number of nitrogens with zero attached hydrogens (tertiary/aromatic N) is 3. The molecule has 0 spiro atoms. The standard InChI is InChI=1S/C18H20N6OS/c1-4-19-13-6-5-11(8-20-13)15-14-9(2)7-12-17(16(14)24-23-15)26-18(22-12)21-10(3)25/h5-6,8-9H,4,7H2,1-3H3,(H,19,20)(H,23,24)(H,21,22,25). The first-order chi connectivity index (χ1) is 12.6. The second-order valence-electron chi connectivity index (χ2n) is 6.40. The molecule has 8 heteroatoms. The van der Waals surface area contributed by atoms with E-state index in [1.165, 1.54) is 23.8 Å². The SMILES string of the molecule is CCNc1ccc(-c2n[nH]c3c2C(C)Cc2nc(NC(C)=O)sc2-3)cn1. The molecular formula is C18H20N6OS. The van der Waals surface area contributed by atoms with Gasteiger partial charge in [-0.05, 0) is 31.4 Å². The Bertz CT molecular complexity index is 959. The Balaban J connectivity index is 1.74. The Hall–Kier alpha value is -2.74. The van der Waals surface area contributed by atoms with E-state index < -0.39 is 0 Å². The number of amides is 1. The molecule has 26 heavy (non-hydrogen) atoms. The number of fused-ring (bicyclic) bond motifs is 3. The predicted octanol–water partition coefficient (Wildman–Crippen LogP) is 3.65. The van der Waals surface area contributed by atoms with Crippen molar-refractivity contribution in [3.63, 3.8) is 0 Å². The van der Waals surface area contributed by atoms with E-state index in [-0.39, 0.29) is 11.8 Å². The summed E-state index contributed by atoms with van der Waals surface area (Å²) in [6.45, 7) is 6.56. The van der Waals surface area contributed by atoms with E-state index in [1.54, 1.807) is 0 Å². The molecule has 4 rings (SSSR count). The first-order valence-electron chi connectivity index (χ1n) is 8.63. The van der Waals surface area contributed by atoms with Crippen LogP contribution in [-0.4, -0.2) is 32.6 Å². The first kappa shape index (κ1) is 16.7. The number of anilines is 2. The van der Waals surface area contributed by atoms with E-state index in [4.69, 9.17) is 0 Å². The summed E-state index contributed by atoms with van der Waals surface area (Å²) >= 11 is 1.49. The number of nitrogens with one attached hydrogen (secondary N) is 3. The van der Waals surface area contributed by atoms with Gasteiger partial charge >= 0.3 is 0 Å². The van der Waals surface area contributed by atoms with Crippen LogP contribution in [0.25, 0.3) is 21.8 Å². The molecule has 0 fully saturated rings. The zero-order valence-corrected chi connectivity index (χ0v) is 15.7. The topological polar surface area (TPSA) is 95.6 Å². The molecular weight excluding hydrogens is 348 g/mol. The van der Waals surface area contributed by atoms with Crippen LogP contribution in [0.3, 0.4) is 0 Å². The number of hydrogen-bond donors (Lipinski definition) is 3. The predicted molar refractivity (Wildman–Crippen MR) is 104 cm³/mol. The average molecular weight is 368 g/mol. The maximum absolute atomic E-state index is 11.3. The van der Waals surface area contributed by atoms with Crippen molar-refractivity contribution in [1.29, 1.82) is 0 Å². The van der Waals surface area contributed by atoms with Crippen LogP contribution in [0, 0.1) is 0 Å². The minimum absolute atomic E-state index is 0.110. The number of carbonyl (C=O) groups is 1. The molecule has 134 valence electrons. The zero-order chi connectivity index (χ0) is 18.3. The molecule has 1 unspecified atom stereocenters. The second-order valence-corrected chi connectivity index (χ2v) is 7.40. The highest BCUT2D eigenvalue weighted by atomic mass is 32.1.